The number of halogens is 1. The first-order valence-electron chi connectivity index (χ1n) is 5.20. The maximum atomic E-state index is 6.32. The first-order chi connectivity index (χ1) is 6.82. The molecular weight excluding hydrogens is 230 g/mol. The molecule has 0 unspecified atom stereocenters. The van der Waals surface area contributed by atoms with Gasteiger partial charge in [0, 0.05) is 4.88 Å². The summed E-state index contributed by atoms with van der Waals surface area (Å²) in [6, 6.07) is 0.186. The van der Waals surface area contributed by atoms with Crippen LogP contribution >= 0.6 is 23.7 Å². The number of nitrogens with two attached hydrogens (primary N) is 1. The van der Waals surface area contributed by atoms with E-state index in [1.54, 1.807) is 11.3 Å². The molecule has 1 atom stereocenters. The highest BCUT2D eigenvalue weighted by atomic mass is 35.5. The lowest BCUT2D eigenvalue weighted by Gasteiger charge is -2.37. The number of rotatable bonds is 0. The molecule has 1 fully saturated rings. The number of nitrogens with zero attached hydrogens (tertiary/aromatic N) is 1. The molecule has 0 bridgehead atoms. The Labute approximate surface area is 99.9 Å². The van der Waals surface area contributed by atoms with Gasteiger partial charge in [-0.25, -0.2) is 4.98 Å². The first-order valence-corrected chi connectivity index (χ1v) is 6.08. The van der Waals surface area contributed by atoms with E-state index in [-0.39, 0.29) is 18.4 Å². The summed E-state index contributed by atoms with van der Waals surface area (Å²) < 4.78 is 0. The second-order valence-electron chi connectivity index (χ2n) is 4.43. The number of piperidine rings is 1. The Balaban J connectivity index is 0.000000853. The predicted octanol–water partition coefficient (Wildman–Crippen LogP) is 1.49. The summed E-state index contributed by atoms with van der Waals surface area (Å²) in [6.07, 6.45) is 3.57. The van der Waals surface area contributed by atoms with E-state index in [9.17, 15) is 0 Å². The summed E-state index contributed by atoms with van der Waals surface area (Å²) in [5, 5.41) is 3.40. The van der Waals surface area contributed by atoms with E-state index in [1.165, 1.54) is 23.4 Å². The first kappa shape index (κ1) is 11.3. The maximum absolute atomic E-state index is 6.32. The van der Waals surface area contributed by atoms with Crippen LogP contribution in [0.15, 0.2) is 5.51 Å². The lowest BCUT2D eigenvalue weighted by Crippen LogP contribution is -2.42. The van der Waals surface area contributed by atoms with Crippen molar-refractivity contribution in [3.05, 3.63) is 16.1 Å². The minimum Gasteiger partial charge on any atom is -0.322 e. The molecule has 2 heterocycles. The van der Waals surface area contributed by atoms with Crippen LogP contribution in [0.25, 0.3) is 0 Å². The minimum atomic E-state index is 0. The molecule has 0 aromatic carbocycles. The number of fused-ring (bicyclic) bond motifs is 1. The van der Waals surface area contributed by atoms with Crippen LogP contribution in [0.3, 0.4) is 0 Å². The molecule has 0 saturated carbocycles. The van der Waals surface area contributed by atoms with Crippen molar-refractivity contribution >= 4 is 23.7 Å². The zero-order valence-electron chi connectivity index (χ0n) is 8.53. The lowest BCUT2D eigenvalue weighted by molar-refractivity contribution is 0.173. The normalized spacial score (nSPS) is 27.4. The van der Waals surface area contributed by atoms with Crippen LogP contribution in [0.5, 0.6) is 0 Å². The van der Waals surface area contributed by atoms with Gasteiger partial charge in [-0.05, 0) is 37.8 Å². The molecule has 0 amide bonds. The highest BCUT2D eigenvalue weighted by molar-refractivity contribution is 7.09. The van der Waals surface area contributed by atoms with Gasteiger partial charge in [0.1, 0.15) is 0 Å². The zero-order valence-corrected chi connectivity index (χ0v) is 10.2. The van der Waals surface area contributed by atoms with Crippen molar-refractivity contribution in [2.24, 2.45) is 11.1 Å². The van der Waals surface area contributed by atoms with E-state index in [1.807, 2.05) is 5.51 Å². The molecule has 15 heavy (non-hydrogen) atoms. The van der Waals surface area contributed by atoms with Crippen molar-refractivity contribution in [2.45, 2.75) is 25.3 Å². The SMILES string of the molecule is Cl.N[C@@H]1c2ncsc2CC12CCNCC2. The largest absolute Gasteiger partial charge is 0.322 e. The molecule has 1 aromatic heterocycles. The van der Waals surface area contributed by atoms with Gasteiger partial charge in [-0.15, -0.1) is 23.7 Å². The topological polar surface area (TPSA) is 50.9 Å². The molecule has 0 radical (unpaired) electrons. The summed E-state index contributed by atoms with van der Waals surface area (Å²) in [5.41, 5.74) is 9.76. The number of hydrogen-bond acceptors (Lipinski definition) is 4. The Morgan fingerprint density at radius 2 is 2.20 bits per heavy atom. The summed E-state index contributed by atoms with van der Waals surface area (Å²) in [7, 11) is 0. The second-order valence-corrected chi connectivity index (χ2v) is 5.37. The fraction of sp³-hybridized carbons (Fsp3) is 0.700. The maximum Gasteiger partial charge on any atom is 0.0798 e. The van der Waals surface area contributed by atoms with E-state index in [0.29, 0.717) is 5.41 Å². The molecule has 2 aliphatic rings. The van der Waals surface area contributed by atoms with Gasteiger partial charge in [-0.1, -0.05) is 0 Å². The Morgan fingerprint density at radius 1 is 1.47 bits per heavy atom. The van der Waals surface area contributed by atoms with Gasteiger partial charge in [0.15, 0.2) is 0 Å². The van der Waals surface area contributed by atoms with E-state index >= 15 is 0 Å². The Bertz CT molecular complexity index is 346. The summed E-state index contributed by atoms with van der Waals surface area (Å²) >= 11 is 1.77. The molecule has 3 N–H and O–H groups in total. The Morgan fingerprint density at radius 3 is 2.87 bits per heavy atom. The second kappa shape index (κ2) is 4.01. The zero-order chi connectivity index (χ0) is 9.60. The van der Waals surface area contributed by atoms with Crippen molar-refractivity contribution in [3.8, 4) is 0 Å². The molecule has 1 aromatic rings. The van der Waals surface area contributed by atoms with Crippen molar-refractivity contribution in [1.29, 1.82) is 0 Å². The third-order valence-electron chi connectivity index (χ3n) is 3.74. The smallest absolute Gasteiger partial charge is 0.0798 e. The van der Waals surface area contributed by atoms with Crippen LogP contribution in [0.1, 0.15) is 29.5 Å². The number of hydrogen-bond donors (Lipinski definition) is 2. The van der Waals surface area contributed by atoms with Crippen LogP contribution in [0, 0.1) is 5.41 Å². The van der Waals surface area contributed by atoms with Crippen molar-refractivity contribution < 1.29 is 0 Å². The molecule has 1 saturated heterocycles. The quantitative estimate of drug-likeness (QED) is 0.728. The van der Waals surface area contributed by atoms with Crippen molar-refractivity contribution in [3.63, 3.8) is 0 Å². The standard InChI is InChI=1S/C10H15N3S.ClH/c11-9-8-7(14-6-13-8)5-10(9)1-3-12-4-2-10;/h6,9,12H,1-5,11H2;1H/t9-;/m1./s1. The van der Waals surface area contributed by atoms with E-state index in [2.05, 4.69) is 10.3 Å². The average molecular weight is 246 g/mol. The molecule has 1 aliphatic heterocycles. The molecule has 3 rings (SSSR count). The fourth-order valence-electron chi connectivity index (χ4n) is 2.80. The van der Waals surface area contributed by atoms with Crippen LogP contribution in [0.2, 0.25) is 0 Å². The fourth-order valence-corrected chi connectivity index (χ4v) is 3.76. The van der Waals surface area contributed by atoms with Crippen LogP contribution in [-0.2, 0) is 6.42 Å². The predicted molar refractivity (Wildman–Crippen MR) is 64.5 cm³/mol. The van der Waals surface area contributed by atoms with Crippen LogP contribution in [-0.4, -0.2) is 18.1 Å². The number of nitrogens with one attached hydrogen (secondary N) is 1. The van der Waals surface area contributed by atoms with Crippen molar-refractivity contribution in [1.82, 2.24) is 10.3 Å². The summed E-state index contributed by atoms with van der Waals surface area (Å²) in [5.74, 6) is 0. The highest BCUT2D eigenvalue weighted by Gasteiger charge is 2.46. The lowest BCUT2D eigenvalue weighted by atomic mass is 9.74. The van der Waals surface area contributed by atoms with Gasteiger partial charge in [0.2, 0.25) is 0 Å². The van der Waals surface area contributed by atoms with Gasteiger partial charge in [-0.3, -0.25) is 0 Å². The average Bonchev–Trinajstić information content (AvgIpc) is 2.73. The Kier molecular flexibility index (Phi) is 3.03. The molecule has 84 valence electrons. The van der Waals surface area contributed by atoms with Gasteiger partial charge in [0.05, 0.1) is 17.2 Å². The van der Waals surface area contributed by atoms with E-state index < -0.39 is 0 Å². The molecular formula is C10H16ClN3S. The third kappa shape index (κ3) is 1.60. The van der Waals surface area contributed by atoms with Gasteiger partial charge >= 0.3 is 0 Å². The van der Waals surface area contributed by atoms with Gasteiger partial charge in [-0.2, -0.15) is 0 Å². The number of aromatic nitrogens is 1. The monoisotopic (exact) mass is 245 g/mol. The van der Waals surface area contributed by atoms with Crippen molar-refractivity contribution in [2.75, 3.05) is 13.1 Å². The summed E-state index contributed by atoms with van der Waals surface area (Å²) in [6.45, 7) is 2.23. The molecule has 1 spiro atoms. The molecule has 5 heteroatoms. The molecule has 1 aliphatic carbocycles. The van der Waals surface area contributed by atoms with Gasteiger partial charge in [0.25, 0.3) is 0 Å². The number of thiazole rings is 1. The van der Waals surface area contributed by atoms with E-state index in [4.69, 9.17) is 5.73 Å². The molecule has 3 nitrogen and oxygen atoms in total. The summed E-state index contributed by atoms with van der Waals surface area (Å²) in [4.78, 5) is 5.83. The minimum absolute atomic E-state index is 0. The van der Waals surface area contributed by atoms with E-state index in [0.717, 1.165) is 19.5 Å². The Hall–Kier alpha value is -0.160. The highest BCUT2D eigenvalue weighted by Crippen LogP contribution is 2.50. The van der Waals surface area contributed by atoms with Gasteiger partial charge < -0.3 is 11.1 Å². The van der Waals surface area contributed by atoms with Crippen LogP contribution < -0.4 is 11.1 Å². The third-order valence-corrected chi connectivity index (χ3v) is 4.59. The van der Waals surface area contributed by atoms with Crippen LogP contribution in [0.4, 0.5) is 0 Å².